The normalized spacial score (nSPS) is 19.9. The molecule has 17 heavy (non-hydrogen) atoms. The van der Waals surface area contributed by atoms with Gasteiger partial charge in [-0.1, -0.05) is 28.7 Å². The molecule has 2 nitrogen and oxygen atoms in total. The molecule has 3 heteroatoms. The van der Waals surface area contributed by atoms with E-state index in [2.05, 4.69) is 17.0 Å². The number of nitrogens with zero attached hydrogens (tertiary/aromatic N) is 1. The summed E-state index contributed by atoms with van der Waals surface area (Å²) in [4.78, 5) is 5.36. The second-order valence-electron chi connectivity index (χ2n) is 4.49. The van der Waals surface area contributed by atoms with Crippen molar-refractivity contribution in [3.63, 3.8) is 0 Å². The van der Waals surface area contributed by atoms with Gasteiger partial charge in [-0.3, -0.25) is 0 Å². The van der Waals surface area contributed by atoms with Crippen LogP contribution in [0.4, 0.5) is 0 Å². The topological polar surface area (TPSA) is 21.6 Å². The van der Waals surface area contributed by atoms with Crippen LogP contribution in [0.2, 0.25) is 5.02 Å². The number of benzene rings is 1. The predicted octanol–water partition coefficient (Wildman–Crippen LogP) is 3.39. The third-order valence-electron chi connectivity index (χ3n) is 3.30. The zero-order valence-corrected chi connectivity index (χ0v) is 10.1. The van der Waals surface area contributed by atoms with Gasteiger partial charge in [0.1, 0.15) is 0 Å². The highest BCUT2D eigenvalue weighted by Crippen LogP contribution is 2.39. The summed E-state index contributed by atoms with van der Waals surface area (Å²) in [6.45, 7) is 0. The van der Waals surface area contributed by atoms with E-state index in [9.17, 15) is 0 Å². The summed E-state index contributed by atoms with van der Waals surface area (Å²) < 4.78 is 0. The van der Waals surface area contributed by atoms with E-state index in [0.717, 1.165) is 24.1 Å². The molecule has 0 atom stereocenters. The van der Waals surface area contributed by atoms with Crippen molar-refractivity contribution in [2.24, 2.45) is 5.16 Å². The molecular weight excluding hydrogens is 234 g/mol. The number of hydrogen-bond acceptors (Lipinski definition) is 2. The zero-order chi connectivity index (χ0) is 11.7. The third kappa shape index (κ3) is 1.92. The van der Waals surface area contributed by atoms with Crippen LogP contribution in [0.15, 0.2) is 29.4 Å². The SMILES string of the molecule is Clc1cccc(C#CC2=NOC23CCCC3)c1. The smallest absolute Gasteiger partial charge is 0.190 e. The number of rotatable bonds is 0. The minimum atomic E-state index is -0.147. The van der Waals surface area contributed by atoms with Gasteiger partial charge in [0, 0.05) is 10.6 Å². The van der Waals surface area contributed by atoms with Crippen LogP contribution in [0, 0.1) is 11.8 Å². The van der Waals surface area contributed by atoms with Gasteiger partial charge in [0.15, 0.2) is 11.3 Å². The zero-order valence-electron chi connectivity index (χ0n) is 9.37. The molecule has 86 valence electrons. The molecule has 1 saturated carbocycles. The van der Waals surface area contributed by atoms with E-state index in [-0.39, 0.29) is 5.60 Å². The summed E-state index contributed by atoms with van der Waals surface area (Å²) in [5.41, 5.74) is 1.67. The molecule has 0 amide bonds. The molecule has 3 rings (SSSR count). The van der Waals surface area contributed by atoms with E-state index in [4.69, 9.17) is 16.4 Å². The van der Waals surface area contributed by atoms with Crippen LogP contribution in [0.25, 0.3) is 0 Å². The second-order valence-corrected chi connectivity index (χ2v) is 4.93. The van der Waals surface area contributed by atoms with Crippen molar-refractivity contribution in [3.05, 3.63) is 34.9 Å². The molecule has 1 aliphatic carbocycles. The van der Waals surface area contributed by atoms with Crippen molar-refractivity contribution in [1.82, 2.24) is 0 Å². The molecule has 1 fully saturated rings. The van der Waals surface area contributed by atoms with Crippen molar-refractivity contribution >= 4 is 17.3 Å². The van der Waals surface area contributed by atoms with Crippen molar-refractivity contribution in [2.45, 2.75) is 31.3 Å². The standard InChI is InChI=1S/C14H12ClNO/c15-12-5-3-4-11(10-12)6-7-13-14(17-16-13)8-1-2-9-14/h3-5,10H,1-2,8-9H2. The quantitative estimate of drug-likeness (QED) is 0.642. The molecule has 0 N–H and O–H groups in total. The average Bonchev–Trinajstić information content (AvgIpc) is 2.79. The fourth-order valence-corrected chi connectivity index (χ4v) is 2.52. The summed E-state index contributed by atoms with van der Waals surface area (Å²) in [7, 11) is 0. The summed E-state index contributed by atoms with van der Waals surface area (Å²) in [6.07, 6.45) is 4.52. The van der Waals surface area contributed by atoms with Crippen LogP contribution in [0.3, 0.4) is 0 Å². The van der Waals surface area contributed by atoms with Crippen LogP contribution in [-0.2, 0) is 4.84 Å². The Kier molecular flexibility index (Phi) is 2.57. The van der Waals surface area contributed by atoms with E-state index in [1.807, 2.05) is 24.3 Å². The number of oxime groups is 1. The number of halogens is 1. The fourth-order valence-electron chi connectivity index (χ4n) is 2.33. The van der Waals surface area contributed by atoms with E-state index in [0.29, 0.717) is 5.02 Å². The summed E-state index contributed by atoms with van der Waals surface area (Å²) in [5.74, 6) is 6.21. The summed E-state index contributed by atoms with van der Waals surface area (Å²) in [5, 5.41) is 4.66. The fraction of sp³-hybridized carbons (Fsp3) is 0.357. The minimum absolute atomic E-state index is 0.147. The largest absolute Gasteiger partial charge is 0.381 e. The third-order valence-corrected chi connectivity index (χ3v) is 3.54. The Balaban J connectivity index is 1.81. The van der Waals surface area contributed by atoms with Crippen LogP contribution < -0.4 is 0 Å². The van der Waals surface area contributed by atoms with Crippen molar-refractivity contribution in [2.75, 3.05) is 0 Å². The highest BCUT2D eigenvalue weighted by atomic mass is 35.5. The van der Waals surface area contributed by atoms with E-state index in [1.165, 1.54) is 12.8 Å². The molecule has 1 heterocycles. The van der Waals surface area contributed by atoms with Crippen molar-refractivity contribution in [1.29, 1.82) is 0 Å². The lowest BCUT2D eigenvalue weighted by molar-refractivity contribution is -0.0254. The van der Waals surface area contributed by atoms with Gasteiger partial charge in [-0.2, -0.15) is 0 Å². The first-order valence-corrected chi connectivity index (χ1v) is 6.21. The lowest BCUT2D eigenvalue weighted by Crippen LogP contribution is -2.44. The van der Waals surface area contributed by atoms with Gasteiger partial charge in [0.25, 0.3) is 0 Å². The Bertz CT molecular complexity index is 533. The van der Waals surface area contributed by atoms with Gasteiger partial charge < -0.3 is 4.84 Å². The minimum Gasteiger partial charge on any atom is -0.381 e. The van der Waals surface area contributed by atoms with E-state index < -0.39 is 0 Å². The molecule has 0 saturated heterocycles. The monoisotopic (exact) mass is 245 g/mol. The average molecular weight is 246 g/mol. The van der Waals surface area contributed by atoms with Crippen LogP contribution in [0.1, 0.15) is 31.2 Å². The van der Waals surface area contributed by atoms with Crippen molar-refractivity contribution in [3.8, 4) is 11.8 Å². The van der Waals surface area contributed by atoms with Gasteiger partial charge >= 0.3 is 0 Å². The Morgan fingerprint density at radius 1 is 1.24 bits per heavy atom. The van der Waals surface area contributed by atoms with Crippen molar-refractivity contribution < 1.29 is 4.84 Å². The van der Waals surface area contributed by atoms with Crippen LogP contribution >= 0.6 is 11.6 Å². The highest BCUT2D eigenvalue weighted by Gasteiger charge is 2.47. The molecule has 0 bridgehead atoms. The highest BCUT2D eigenvalue weighted by molar-refractivity contribution is 6.30. The lowest BCUT2D eigenvalue weighted by atomic mass is 9.94. The van der Waals surface area contributed by atoms with Gasteiger partial charge in [-0.15, -0.1) is 0 Å². The summed E-state index contributed by atoms with van der Waals surface area (Å²) in [6, 6.07) is 7.54. The molecule has 1 spiro atoms. The van der Waals surface area contributed by atoms with E-state index in [1.54, 1.807) is 0 Å². The van der Waals surface area contributed by atoms with Crippen LogP contribution in [0.5, 0.6) is 0 Å². The van der Waals surface area contributed by atoms with E-state index >= 15 is 0 Å². The predicted molar refractivity (Wildman–Crippen MR) is 68.0 cm³/mol. The molecule has 1 aromatic carbocycles. The molecule has 0 aromatic heterocycles. The molecule has 1 aromatic rings. The molecule has 2 aliphatic rings. The number of hydrogen-bond donors (Lipinski definition) is 0. The van der Waals surface area contributed by atoms with Gasteiger partial charge in [-0.25, -0.2) is 0 Å². The maximum absolute atomic E-state index is 5.91. The summed E-state index contributed by atoms with van der Waals surface area (Å²) >= 11 is 5.91. The Morgan fingerprint density at radius 3 is 2.71 bits per heavy atom. The first-order chi connectivity index (χ1) is 8.28. The Labute approximate surface area is 106 Å². The van der Waals surface area contributed by atoms with Crippen LogP contribution in [-0.4, -0.2) is 11.3 Å². The molecular formula is C14H12ClNO. The van der Waals surface area contributed by atoms with Gasteiger partial charge in [0.05, 0.1) is 0 Å². The molecule has 0 radical (unpaired) electrons. The van der Waals surface area contributed by atoms with Gasteiger partial charge in [0.2, 0.25) is 0 Å². The molecule has 1 aliphatic heterocycles. The lowest BCUT2D eigenvalue weighted by Gasteiger charge is -2.32. The first-order valence-electron chi connectivity index (χ1n) is 5.83. The second kappa shape index (κ2) is 4.09. The Morgan fingerprint density at radius 2 is 2.06 bits per heavy atom. The van der Waals surface area contributed by atoms with Gasteiger partial charge in [-0.05, 0) is 49.8 Å². The Hall–Kier alpha value is -1.46. The molecule has 0 unspecified atom stereocenters. The maximum Gasteiger partial charge on any atom is 0.190 e. The first kappa shape index (κ1) is 10.7. The maximum atomic E-state index is 5.91.